The van der Waals surface area contributed by atoms with E-state index in [-0.39, 0.29) is 50.7 Å². The van der Waals surface area contributed by atoms with Crippen molar-refractivity contribution in [3.8, 4) is 0 Å². The van der Waals surface area contributed by atoms with Crippen LogP contribution in [0.2, 0.25) is 0 Å². The van der Waals surface area contributed by atoms with Gasteiger partial charge in [0.25, 0.3) is 0 Å². The number of rotatable bonds is 7. The largest absolute Gasteiger partial charge is 0.481 e. The first-order valence-electron chi connectivity index (χ1n) is 16.5. The summed E-state index contributed by atoms with van der Waals surface area (Å²) in [5.74, 6) is -0.404. The highest BCUT2D eigenvalue weighted by molar-refractivity contribution is 8.00. The Kier molecular flexibility index (Phi) is 8.23. The SMILES string of the molecule is CC1(C)C(OC(=O)CSC[C@@H](N)C(=O)O)CC[C@]2(C)[C@H]3CC=C4[C@@H]5C[C@@](C)(C(=O)O)CC[C@]5(C)CC[C@@]4(C)[C@]3(C)CC[C@@H]12. The number of ether oxygens (including phenoxy) is 1. The number of carboxylic acids is 2. The van der Waals surface area contributed by atoms with Crippen molar-refractivity contribution < 1.29 is 29.3 Å². The van der Waals surface area contributed by atoms with Crippen molar-refractivity contribution in [2.24, 2.45) is 56.0 Å². The maximum atomic E-state index is 12.8. The summed E-state index contributed by atoms with van der Waals surface area (Å²) in [6, 6.07) is -0.981. The van der Waals surface area contributed by atoms with Crippen molar-refractivity contribution in [2.45, 2.75) is 125 Å². The highest BCUT2D eigenvalue weighted by atomic mass is 32.2. The number of thioether (sulfide) groups is 1. The van der Waals surface area contributed by atoms with Gasteiger partial charge in [0.15, 0.2) is 0 Å². The molecule has 7 nitrogen and oxygen atoms in total. The number of esters is 1. The lowest BCUT2D eigenvalue weighted by molar-refractivity contribution is -0.212. The lowest BCUT2D eigenvalue weighted by Gasteiger charge is -2.71. The minimum atomic E-state index is -1.06. The normalized spacial score (nSPS) is 45.7. The zero-order valence-corrected chi connectivity index (χ0v) is 28.3. The Morgan fingerprint density at radius 3 is 2.28 bits per heavy atom. The van der Waals surface area contributed by atoms with Crippen LogP contribution in [0.5, 0.6) is 0 Å². The molecule has 4 fully saturated rings. The summed E-state index contributed by atoms with van der Waals surface area (Å²) >= 11 is 1.22. The van der Waals surface area contributed by atoms with E-state index in [2.05, 4.69) is 47.6 Å². The van der Waals surface area contributed by atoms with Gasteiger partial charge in [-0.2, -0.15) is 0 Å². The molecule has 0 aromatic heterocycles. The maximum absolute atomic E-state index is 12.8. The van der Waals surface area contributed by atoms with Crippen molar-refractivity contribution in [3.05, 3.63) is 11.6 Å². The Morgan fingerprint density at radius 1 is 0.953 bits per heavy atom. The fourth-order valence-electron chi connectivity index (χ4n) is 11.3. The molecule has 0 amide bonds. The van der Waals surface area contributed by atoms with Gasteiger partial charge in [0, 0.05) is 11.2 Å². The number of carboxylic acid groups (broad SMARTS) is 2. The van der Waals surface area contributed by atoms with Gasteiger partial charge in [0.05, 0.1) is 11.2 Å². The Morgan fingerprint density at radius 2 is 1.63 bits per heavy atom. The number of hydrogen-bond donors (Lipinski definition) is 3. The highest BCUT2D eigenvalue weighted by Crippen LogP contribution is 2.75. The van der Waals surface area contributed by atoms with Crippen LogP contribution in [-0.2, 0) is 19.1 Å². The van der Waals surface area contributed by atoms with Crippen LogP contribution in [0.3, 0.4) is 0 Å². The third-order valence-electron chi connectivity index (χ3n) is 14.4. The lowest BCUT2D eigenvalue weighted by atomic mass is 9.33. The molecule has 0 aliphatic heterocycles. The number of carbonyl (C=O) groups excluding carboxylic acids is 1. The second kappa shape index (κ2) is 10.8. The van der Waals surface area contributed by atoms with Gasteiger partial charge in [-0.05, 0) is 111 Å². The fraction of sp³-hybridized carbons (Fsp3) is 0.857. The number of hydrogen-bond acceptors (Lipinski definition) is 6. The lowest BCUT2D eigenvalue weighted by Crippen LogP contribution is -2.64. The van der Waals surface area contributed by atoms with Gasteiger partial charge in [0.2, 0.25) is 0 Å². The molecule has 242 valence electrons. The summed E-state index contributed by atoms with van der Waals surface area (Å²) in [4.78, 5) is 36.2. The number of nitrogens with two attached hydrogens (primary N) is 1. The molecule has 0 spiro atoms. The smallest absolute Gasteiger partial charge is 0.321 e. The summed E-state index contributed by atoms with van der Waals surface area (Å²) in [7, 11) is 0. The standard InChI is InChI=1S/C35H55NO6S/c1-30(2)24-10-13-35(7)25(33(24,5)12-11-26(30)42-27(37)20-43-19-23(36)28(38)39)9-8-21-22-18-32(4,29(40)41)15-14-31(22,3)16-17-34(21,35)6/h8,22-26H,9-20,36H2,1-7H3,(H,38,39)(H,40,41)/t22-,23+,24-,25+,26?,31+,32-,33-,34+,35+/m0/s1. The first kappa shape index (κ1) is 32.8. The molecule has 0 heterocycles. The molecule has 5 aliphatic rings. The molecule has 10 atom stereocenters. The van der Waals surface area contributed by atoms with Gasteiger partial charge in [-0.1, -0.05) is 53.2 Å². The molecule has 4 saturated carbocycles. The zero-order valence-electron chi connectivity index (χ0n) is 27.5. The molecule has 1 unspecified atom stereocenters. The van der Waals surface area contributed by atoms with E-state index in [1.807, 2.05) is 6.92 Å². The highest BCUT2D eigenvalue weighted by Gasteiger charge is 2.68. The Balaban J connectivity index is 1.37. The Bertz CT molecular complexity index is 1200. The predicted molar refractivity (Wildman–Crippen MR) is 169 cm³/mol. The third kappa shape index (κ3) is 4.99. The summed E-state index contributed by atoms with van der Waals surface area (Å²) in [6.45, 7) is 16.6. The fourth-order valence-corrected chi connectivity index (χ4v) is 12.0. The van der Waals surface area contributed by atoms with Gasteiger partial charge in [-0.3, -0.25) is 14.4 Å². The van der Waals surface area contributed by atoms with Crippen molar-refractivity contribution in [1.29, 1.82) is 0 Å². The van der Waals surface area contributed by atoms with Gasteiger partial charge in [0.1, 0.15) is 12.1 Å². The van der Waals surface area contributed by atoms with E-state index >= 15 is 0 Å². The minimum Gasteiger partial charge on any atom is -0.481 e. The van der Waals surface area contributed by atoms with E-state index in [0.717, 1.165) is 51.4 Å². The van der Waals surface area contributed by atoms with Crippen LogP contribution < -0.4 is 5.73 Å². The Hall–Kier alpha value is -1.54. The third-order valence-corrected chi connectivity index (χ3v) is 15.4. The van der Waals surface area contributed by atoms with E-state index in [4.69, 9.17) is 15.6 Å². The van der Waals surface area contributed by atoms with E-state index in [0.29, 0.717) is 17.8 Å². The van der Waals surface area contributed by atoms with Crippen molar-refractivity contribution in [3.63, 3.8) is 0 Å². The second-order valence-corrected chi connectivity index (χ2v) is 17.9. The van der Waals surface area contributed by atoms with Crippen molar-refractivity contribution >= 4 is 29.7 Å². The molecule has 5 aliphatic carbocycles. The van der Waals surface area contributed by atoms with Gasteiger partial charge < -0.3 is 20.7 Å². The van der Waals surface area contributed by atoms with Crippen LogP contribution in [0.15, 0.2) is 11.6 Å². The number of aliphatic carboxylic acids is 2. The summed E-state index contributed by atoms with van der Waals surface area (Å²) in [5.41, 5.74) is 6.85. The molecule has 0 aromatic carbocycles. The molecule has 8 heteroatoms. The average molecular weight is 618 g/mol. The van der Waals surface area contributed by atoms with Crippen LogP contribution in [0, 0.1) is 50.2 Å². The van der Waals surface area contributed by atoms with Crippen LogP contribution in [0.4, 0.5) is 0 Å². The average Bonchev–Trinajstić information content (AvgIpc) is 2.91. The summed E-state index contributed by atoms with van der Waals surface area (Å²) in [5, 5.41) is 19.2. The van der Waals surface area contributed by atoms with E-state index < -0.39 is 23.4 Å². The van der Waals surface area contributed by atoms with Crippen LogP contribution >= 0.6 is 11.8 Å². The maximum Gasteiger partial charge on any atom is 0.321 e. The molecular weight excluding hydrogens is 562 g/mol. The first-order valence-corrected chi connectivity index (χ1v) is 17.7. The molecule has 43 heavy (non-hydrogen) atoms. The molecule has 0 radical (unpaired) electrons. The summed E-state index contributed by atoms with van der Waals surface area (Å²) < 4.78 is 6.11. The van der Waals surface area contributed by atoms with E-state index in [1.165, 1.54) is 24.6 Å². The molecule has 0 saturated heterocycles. The van der Waals surface area contributed by atoms with Gasteiger partial charge in [-0.25, -0.2) is 0 Å². The second-order valence-electron chi connectivity index (χ2n) is 16.9. The quantitative estimate of drug-likeness (QED) is 0.207. The van der Waals surface area contributed by atoms with Crippen molar-refractivity contribution in [1.82, 2.24) is 0 Å². The Labute approximate surface area is 262 Å². The van der Waals surface area contributed by atoms with Crippen LogP contribution in [-0.4, -0.2) is 51.8 Å². The number of allylic oxidation sites excluding steroid dienone is 2. The molecule has 0 aromatic rings. The number of carbonyl (C=O) groups is 3. The zero-order chi connectivity index (χ0) is 31.8. The van der Waals surface area contributed by atoms with Crippen LogP contribution in [0.25, 0.3) is 0 Å². The predicted octanol–water partition coefficient (Wildman–Crippen LogP) is 6.93. The topological polar surface area (TPSA) is 127 Å². The molecule has 0 bridgehead atoms. The van der Waals surface area contributed by atoms with E-state index in [9.17, 15) is 19.5 Å². The monoisotopic (exact) mass is 617 g/mol. The molecule has 5 rings (SSSR count). The van der Waals surface area contributed by atoms with Gasteiger partial charge >= 0.3 is 17.9 Å². The van der Waals surface area contributed by atoms with Gasteiger partial charge in [-0.15, -0.1) is 11.8 Å². The number of fused-ring (bicyclic) bond motifs is 7. The van der Waals surface area contributed by atoms with Crippen LogP contribution in [0.1, 0.15) is 113 Å². The van der Waals surface area contributed by atoms with Crippen molar-refractivity contribution in [2.75, 3.05) is 11.5 Å². The first-order chi connectivity index (χ1) is 19.8. The molecule has 4 N–H and O–H groups in total. The minimum absolute atomic E-state index is 0.0618. The molecular formula is C35H55NO6S. The van der Waals surface area contributed by atoms with E-state index in [1.54, 1.807) is 5.57 Å². The summed E-state index contributed by atoms with van der Waals surface area (Å²) in [6.07, 6.45) is 12.4.